The number of carboxylic acids is 1. The fourth-order valence-corrected chi connectivity index (χ4v) is 13.8. The first kappa shape index (κ1) is 80.6. The van der Waals surface area contributed by atoms with E-state index >= 15 is 0 Å². The van der Waals surface area contributed by atoms with Crippen LogP contribution in [0.4, 0.5) is 0 Å². The van der Waals surface area contributed by atoms with Crippen molar-refractivity contribution in [1.29, 1.82) is 0 Å². The Morgan fingerprint density at radius 1 is 0.296 bits per heavy atom. The van der Waals surface area contributed by atoms with Gasteiger partial charge >= 0.3 is 29.6 Å². The molecule has 98 heavy (non-hydrogen) atoms. The number of aliphatic hydroxyl groups excluding tert-OH is 23. The Hall–Kier alpha value is -1.52. The molecule has 0 spiro atoms. The summed E-state index contributed by atoms with van der Waals surface area (Å²) < 4.78 is 92.7. The largest absolute Gasteiger partial charge is 1.00 e. The van der Waals surface area contributed by atoms with Gasteiger partial charge in [-0.05, 0) is 17.7 Å². The summed E-state index contributed by atoms with van der Waals surface area (Å²) in [5.41, 5.74) is -0.270. The molecule has 0 amide bonds. The van der Waals surface area contributed by atoms with Gasteiger partial charge in [0.05, 0.1) is 58.3 Å². The molecule has 1 aromatic rings. The van der Waals surface area contributed by atoms with Crippen molar-refractivity contribution in [1.82, 2.24) is 0 Å². The summed E-state index contributed by atoms with van der Waals surface area (Å²) in [5.74, 6) is -1.95. The molecule has 31 rings (SSSR count). The molecule has 0 radical (unpaired) electrons. The van der Waals surface area contributed by atoms with Crippen molar-refractivity contribution < 1.29 is 233 Å². The van der Waals surface area contributed by atoms with Crippen LogP contribution in [-0.2, 0) is 75.8 Å². The minimum absolute atomic E-state index is 0. The maximum atomic E-state index is 11.9. The summed E-state index contributed by atoms with van der Waals surface area (Å²) in [4.78, 5) is 12.0. The zero-order chi connectivity index (χ0) is 70.3. The van der Waals surface area contributed by atoms with Gasteiger partial charge in [0.1, 0.15) is 189 Å². The first-order valence-corrected chi connectivity index (χ1v) is 31.8. The SMILES string of the molecule is O=C([O-])c1cccc(SC[C@H]2O[C@@H]3O[C@H]4[C@H](O)[C@@H](O)[C@@H](O[C@H]5[C@H](O)[C@@H](O)[C@@H](O[C@H]6[C@H](O)[C@@H](O)[C@@H](O[C@H]7[C@H](O)[C@@H](O)[C@@H](O[C@H]8[C@H](O)[C@H](O)[C@@H](O[C@H]9[C@H](O)[C@@H](O)[C@@H](O[C@H]%10[C@H](O)[C@H](O)[C@@H](O[C@H]2[C@H](O)[C@H]3O)O[C@@H]%10CO)O[C@@H]9CO)O[C@@H]8CO)O[C@@H]7CO)O[C@H]6CO)O[C@H]5CO)O[C@H]4CO)c1.[Na+]. The van der Waals surface area contributed by atoms with Gasteiger partial charge in [-0.15, -0.1) is 11.8 Å². The van der Waals surface area contributed by atoms with Crippen molar-refractivity contribution in [2.24, 2.45) is 0 Å². The third kappa shape index (κ3) is 16.5. The Bertz CT molecular complexity index is 2640. The van der Waals surface area contributed by atoms with Gasteiger partial charge in [-0.25, -0.2) is 0 Å². The maximum absolute atomic E-state index is 11.9. The smallest absolute Gasteiger partial charge is 0.545 e. The van der Waals surface area contributed by atoms with Crippen molar-refractivity contribution in [2.75, 3.05) is 52.0 Å². The van der Waals surface area contributed by atoms with Crippen LogP contribution in [0, 0.1) is 0 Å². The van der Waals surface area contributed by atoms with Gasteiger partial charge in [-0.1, -0.05) is 12.1 Å². The van der Waals surface area contributed by atoms with E-state index in [1.54, 1.807) is 0 Å². The average Bonchev–Trinajstić information content (AvgIpc) is 0.795. The second kappa shape index (κ2) is 34.8. The molecule has 0 saturated carbocycles. The van der Waals surface area contributed by atoms with E-state index in [0.717, 1.165) is 11.8 Å². The molecule has 43 heteroatoms. The second-order valence-electron chi connectivity index (χ2n) is 24.4. The number of carbonyl (C=O) groups is 1. The van der Waals surface area contributed by atoms with E-state index in [1.165, 1.54) is 24.3 Å². The van der Waals surface area contributed by atoms with Crippen LogP contribution in [0.3, 0.4) is 0 Å². The van der Waals surface area contributed by atoms with E-state index in [9.17, 15) is 127 Å². The van der Waals surface area contributed by atoms with Crippen molar-refractivity contribution >= 4 is 17.7 Å². The molecule has 40 atom stereocenters. The molecule has 0 aromatic heterocycles. The van der Waals surface area contributed by atoms with E-state index in [4.69, 9.17) is 75.8 Å². The first-order valence-electron chi connectivity index (χ1n) is 30.8. The van der Waals surface area contributed by atoms with Crippen LogP contribution in [-0.4, -0.2) is 421 Å². The molecule has 41 nitrogen and oxygen atoms in total. The summed E-state index contributed by atoms with van der Waals surface area (Å²) in [5, 5.41) is 270. The summed E-state index contributed by atoms with van der Waals surface area (Å²) in [7, 11) is 0. The number of hydrogen-bond donors (Lipinski definition) is 23. The summed E-state index contributed by atoms with van der Waals surface area (Å²) >= 11 is 0.859. The van der Waals surface area contributed by atoms with Gasteiger partial charge in [0.25, 0.3) is 0 Å². The Balaban J connectivity index is 0.0000112. The van der Waals surface area contributed by atoms with Gasteiger partial charge < -0.3 is 203 Å². The molecule has 30 fully saturated rings. The van der Waals surface area contributed by atoms with Gasteiger partial charge in [0.15, 0.2) is 50.3 Å². The van der Waals surface area contributed by atoms with Gasteiger partial charge in [-0.2, -0.15) is 0 Å². The Morgan fingerprint density at radius 2 is 0.480 bits per heavy atom. The maximum Gasteiger partial charge on any atom is 1.00 e. The number of benzene rings is 1. The van der Waals surface area contributed by atoms with Crippen molar-refractivity contribution in [3.05, 3.63) is 29.8 Å². The first-order chi connectivity index (χ1) is 46.2. The molecule has 0 aliphatic carbocycles. The van der Waals surface area contributed by atoms with E-state index in [1.807, 2.05) is 0 Å². The number of carboxylic acid groups (broad SMARTS) is 1. The fourth-order valence-electron chi connectivity index (χ4n) is 12.8. The molecule has 0 unspecified atom stereocenters. The monoisotopic (exact) mass is 1450 g/mol. The molecule has 30 heterocycles. The number of rotatable bonds is 11. The van der Waals surface area contributed by atoms with Crippen molar-refractivity contribution in [3.8, 4) is 0 Å². The Morgan fingerprint density at radius 3 is 0.663 bits per heavy atom. The van der Waals surface area contributed by atoms with Gasteiger partial charge in [0.2, 0.25) is 0 Å². The van der Waals surface area contributed by atoms with Crippen LogP contribution in [0.1, 0.15) is 10.4 Å². The molecule has 1 aromatic carbocycles. The number of hydrogen-bond acceptors (Lipinski definition) is 42. The molecule has 30 saturated heterocycles. The van der Waals surface area contributed by atoms with E-state index in [2.05, 4.69) is 0 Å². The molecule has 556 valence electrons. The third-order valence-corrected chi connectivity index (χ3v) is 19.3. The number of ether oxygens (including phenoxy) is 16. The normalized spacial score (nSPS) is 50.7. The van der Waals surface area contributed by atoms with Gasteiger partial charge in [-0.3, -0.25) is 0 Å². The Kier molecular flexibility index (Phi) is 28.6. The summed E-state index contributed by atoms with van der Waals surface area (Å²) in [6.07, 6.45) is -82.6. The number of aliphatic hydroxyl groups is 23. The number of aromatic carboxylic acids is 1. The van der Waals surface area contributed by atoms with Crippen LogP contribution in [0.2, 0.25) is 0 Å². The Labute approximate surface area is 580 Å². The number of thioether (sulfide) groups is 1. The molecule has 16 bridgehead atoms. The van der Waals surface area contributed by atoms with Gasteiger partial charge in [0, 0.05) is 10.6 Å². The van der Waals surface area contributed by atoms with Crippen LogP contribution >= 0.6 is 11.8 Å². The molecule has 30 aliphatic rings. The fraction of sp³-hybridized carbons (Fsp3) is 0.873. The van der Waals surface area contributed by atoms with Crippen LogP contribution in [0.5, 0.6) is 0 Å². The molecule has 23 N–H and O–H groups in total. The predicted molar refractivity (Wildman–Crippen MR) is 295 cm³/mol. The van der Waals surface area contributed by atoms with E-state index in [0.29, 0.717) is 0 Å². The predicted octanol–water partition coefficient (Wildman–Crippen LogP) is -19.2. The molecule has 30 aliphatic heterocycles. The quantitative estimate of drug-likeness (QED) is 0.0723. The summed E-state index contributed by atoms with van der Waals surface area (Å²) in [6, 6.07) is 5.24. The minimum Gasteiger partial charge on any atom is -0.545 e. The van der Waals surface area contributed by atoms with E-state index < -0.39 is 298 Å². The van der Waals surface area contributed by atoms with E-state index in [-0.39, 0.29) is 45.8 Å². The van der Waals surface area contributed by atoms with Crippen molar-refractivity contribution in [2.45, 2.75) is 251 Å². The van der Waals surface area contributed by atoms with Crippen molar-refractivity contribution in [3.63, 3.8) is 0 Å². The summed E-state index contributed by atoms with van der Waals surface area (Å²) in [6.45, 7) is -7.68. The van der Waals surface area contributed by atoms with Crippen LogP contribution in [0.25, 0.3) is 0 Å². The minimum atomic E-state index is -2.28. The topological polar surface area (TPSA) is 653 Å². The zero-order valence-electron chi connectivity index (χ0n) is 51.6. The zero-order valence-corrected chi connectivity index (χ0v) is 54.4. The third-order valence-electron chi connectivity index (χ3n) is 18.2. The van der Waals surface area contributed by atoms with Crippen LogP contribution in [0.15, 0.2) is 29.2 Å². The van der Waals surface area contributed by atoms with Crippen LogP contribution < -0.4 is 34.7 Å². The average molecular weight is 1460 g/mol. The second-order valence-corrected chi connectivity index (χ2v) is 25.5. The number of carbonyl (C=O) groups excluding carboxylic acids is 1. The standard InChI is InChI=1S/C55H84O41S.Na/c56-5-15-39-23(63)31(71)48(81-15)90-40-16(6-57)83-50(33(73)25(40)65)92-42-18(8-59)85-52(35(75)27(42)67)94-44-20(10-61)87-54(37(77)29(44)69)96-46-22(12-97-14-3-1-2-13(4-14)47(79)80)88-55(38(78)30(46)70)95-45-21(11-62)86-53(36(76)28(45)68)93-43-19(9-60)84-51(34(74)26(43)66)91-41-17(7-58)82-49(89-39)32(72)24(41)64;/h1-4,15-46,48-78H,5-12H2,(H,79,80);/q;+1/p-1/t15-,16-,17+,18-,19+,20-,21+,22-,23-,24-,25-,26-,27-,28-,29-,30-,31-,32-,33+,34-,35-,36-,37+,38-,39-,40-,41-,42-,43-,44-,45-,46-,48-,49-,50-,51-,52-,53-,54-,55-;/m1./s1. The molecular formula is C55H83NaO41S. The molecular weight excluding hydrogens is 1370 g/mol.